The van der Waals surface area contributed by atoms with E-state index in [0.717, 1.165) is 0 Å². The number of ether oxygens (including phenoxy) is 1. The van der Waals surface area contributed by atoms with Crippen LogP contribution in [0.3, 0.4) is 0 Å². The number of rotatable bonds is 7. The third kappa shape index (κ3) is 5.38. The maximum absolute atomic E-state index is 11.9. The van der Waals surface area contributed by atoms with Crippen molar-refractivity contribution in [1.29, 1.82) is 0 Å². The van der Waals surface area contributed by atoms with Gasteiger partial charge in [-0.05, 0) is 38.5 Å². The molecule has 0 fully saturated rings. The average molecular weight is 324 g/mol. The Balaban J connectivity index is 2.62. The van der Waals surface area contributed by atoms with Crippen LogP contribution < -0.4 is 0 Å². The summed E-state index contributed by atoms with van der Waals surface area (Å²) in [6.45, 7) is 3.87. The summed E-state index contributed by atoms with van der Waals surface area (Å²) in [6, 6.07) is 5.52. The molecule has 0 aliphatic carbocycles. The first-order valence-electron chi connectivity index (χ1n) is 6.50. The second-order valence-electron chi connectivity index (χ2n) is 5.08. The van der Waals surface area contributed by atoms with Gasteiger partial charge < -0.3 is 14.7 Å². The van der Waals surface area contributed by atoms with E-state index in [1.807, 2.05) is 0 Å². The molecule has 0 spiro atoms. The van der Waals surface area contributed by atoms with E-state index in [-0.39, 0.29) is 18.0 Å². The Hall–Kier alpha value is -2.97. The summed E-state index contributed by atoms with van der Waals surface area (Å²) in [5, 5.41) is 22.5. The van der Waals surface area contributed by atoms with Gasteiger partial charge in [0.1, 0.15) is 6.61 Å². The quantitative estimate of drug-likeness (QED) is 0.351. The van der Waals surface area contributed by atoms with Crippen LogP contribution in [0.1, 0.15) is 26.3 Å². The maximum atomic E-state index is 11.9. The third-order valence-corrected chi connectivity index (χ3v) is 2.73. The molecule has 9 nitrogen and oxygen atoms in total. The molecule has 0 aliphatic heterocycles. The second-order valence-corrected chi connectivity index (χ2v) is 5.08. The Bertz CT molecular complexity index is 635. The molecule has 0 amide bonds. The number of aliphatic carboxylic acids is 1. The van der Waals surface area contributed by atoms with Crippen molar-refractivity contribution in [3.05, 3.63) is 39.9 Å². The highest BCUT2D eigenvalue weighted by Gasteiger charge is 2.32. The van der Waals surface area contributed by atoms with Gasteiger partial charge in [-0.25, -0.2) is 9.59 Å². The van der Waals surface area contributed by atoms with Crippen LogP contribution in [0.4, 0.5) is 5.69 Å². The van der Waals surface area contributed by atoms with E-state index < -0.39 is 22.5 Å². The number of oxime groups is 1. The molecular formula is C14H16N2O7. The second kappa shape index (κ2) is 7.34. The lowest BCUT2D eigenvalue weighted by Gasteiger charge is -2.20. The smallest absolute Gasteiger partial charge is 0.353 e. The van der Waals surface area contributed by atoms with E-state index in [1.165, 1.54) is 45.0 Å². The molecule has 0 saturated carbocycles. The largest absolute Gasteiger partial charge is 0.477 e. The van der Waals surface area contributed by atoms with E-state index in [4.69, 9.17) is 14.7 Å². The minimum atomic E-state index is -1.47. The molecule has 124 valence electrons. The van der Waals surface area contributed by atoms with E-state index in [2.05, 4.69) is 5.16 Å². The van der Waals surface area contributed by atoms with Gasteiger partial charge in [-0.2, -0.15) is 0 Å². The number of non-ortho nitro benzene ring substituents is 1. The highest BCUT2D eigenvalue weighted by Crippen LogP contribution is 2.16. The van der Waals surface area contributed by atoms with Crippen molar-refractivity contribution in [2.45, 2.75) is 33.0 Å². The van der Waals surface area contributed by atoms with Crippen molar-refractivity contribution in [3.63, 3.8) is 0 Å². The zero-order valence-electron chi connectivity index (χ0n) is 12.8. The molecular weight excluding hydrogens is 308 g/mol. The number of carboxylic acid groups (broad SMARTS) is 1. The summed E-state index contributed by atoms with van der Waals surface area (Å²) in [7, 11) is 0. The molecule has 0 atom stereocenters. The number of nitro groups is 1. The minimum absolute atomic E-state index is 0.0674. The molecule has 1 aromatic rings. The molecule has 1 aromatic carbocycles. The summed E-state index contributed by atoms with van der Waals surface area (Å²) in [5.74, 6) is -2.02. The number of hydrogen-bond donors (Lipinski definition) is 1. The molecule has 0 unspecified atom stereocenters. The molecule has 1 rings (SSSR count). The number of hydrogen-bond acceptors (Lipinski definition) is 7. The topological polar surface area (TPSA) is 128 Å². The van der Waals surface area contributed by atoms with Crippen LogP contribution in [0.5, 0.6) is 0 Å². The van der Waals surface area contributed by atoms with Crippen LogP contribution in [0, 0.1) is 10.1 Å². The van der Waals surface area contributed by atoms with Gasteiger partial charge in [0, 0.05) is 12.1 Å². The number of carboxylic acids is 1. The number of nitro benzene ring substituents is 1. The number of carbonyl (C=O) groups is 2. The Morgan fingerprint density at radius 2 is 1.87 bits per heavy atom. The average Bonchev–Trinajstić information content (AvgIpc) is 2.50. The standard InChI is InChI=1S/C14H16N2O7/c1-9(12(17)18)15-23-14(2,3)13(19)22-8-10-4-6-11(7-5-10)16(20)21/h4-7H,8H2,1-3H3,(H,17,18). The first-order chi connectivity index (χ1) is 10.6. The molecule has 0 heterocycles. The Kier molecular flexibility index (Phi) is 5.77. The van der Waals surface area contributed by atoms with Gasteiger partial charge in [0.15, 0.2) is 5.71 Å². The van der Waals surface area contributed by atoms with Crippen LogP contribution in [-0.4, -0.2) is 33.3 Å². The van der Waals surface area contributed by atoms with Crippen LogP contribution in [0.2, 0.25) is 0 Å². The lowest BCUT2D eigenvalue weighted by molar-refractivity contribution is -0.384. The summed E-state index contributed by atoms with van der Waals surface area (Å²) in [6.07, 6.45) is 0. The summed E-state index contributed by atoms with van der Waals surface area (Å²) >= 11 is 0. The Labute approximate surface area is 131 Å². The van der Waals surface area contributed by atoms with Gasteiger partial charge in [-0.3, -0.25) is 10.1 Å². The van der Waals surface area contributed by atoms with Crippen molar-refractivity contribution in [2.75, 3.05) is 0 Å². The van der Waals surface area contributed by atoms with Crippen LogP contribution in [0.15, 0.2) is 29.4 Å². The fourth-order valence-electron chi connectivity index (χ4n) is 1.30. The fraction of sp³-hybridized carbons (Fsp3) is 0.357. The molecule has 0 aromatic heterocycles. The molecule has 23 heavy (non-hydrogen) atoms. The van der Waals surface area contributed by atoms with E-state index in [1.54, 1.807) is 0 Å². The first-order valence-corrected chi connectivity index (χ1v) is 6.50. The van der Waals surface area contributed by atoms with Crippen molar-refractivity contribution in [3.8, 4) is 0 Å². The first kappa shape index (κ1) is 18.1. The highest BCUT2D eigenvalue weighted by molar-refractivity contribution is 6.34. The van der Waals surface area contributed by atoms with Gasteiger partial charge in [-0.15, -0.1) is 0 Å². The van der Waals surface area contributed by atoms with E-state index in [0.29, 0.717) is 5.56 Å². The number of esters is 1. The van der Waals surface area contributed by atoms with Crippen molar-refractivity contribution < 1.29 is 29.2 Å². The molecule has 0 aliphatic rings. The maximum Gasteiger partial charge on any atom is 0.353 e. The van der Waals surface area contributed by atoms with Crippen LogP contribution in [-0.2, 0) is 25.8 Å². The van der Waals surface area contributed by atoms with Crippen LogP contribution in [0.25, 0.3) is 0 Å². The predicted octanol–water partition coefficient (Wildman–Crippen LogP) is 1.89. The van der Waals surface area contributed by atoms with Crippen molar-refractivity contribution in [1.82, 2.24) is 0 Å². The fourth-order valence-corrected chi connectivity index (χ4v) is 1.30. The van der Waals surface area contributed by atoms with Gasteiger partial charge in [-0.1, -0.05) is 5.16 Å². The SMILES string of the molecule is CC(=NOC(C)(C)C(=O)OCc1ccc([N+](=O)[O-])cc1)C(=O)O. The zero-order valence-corrected chi connectivity index (χ0v) is 12.8. The Morgan fingerprint density at radius 1 is 1.30 bits per heavy atom. The van der Waals surface area contributed by atoms with Crippen molar-refractivity contribution >= 4 is 23.3 Å². The van der Waals surface area contributed by atoms with Crippen LogP contribution >= 0.6 is 0 Å². The van der Waals surface area contributed by atoms with Gasteiger partial charge >= 0.3 is 11.9 Å². The lowest BCUT2D eigenvalue weighted by atomic mass is 10.1. The summed E-state index contributed by atoms with van der Waals surface area (Å²) in [5.41, 5.74) is -1.29. The van der Waals surface area contributed by atoms with Gasteiger partial charge in [0.2, 0.25) is 5.60 Å². The van der Waals surface area contributed by atoms with Gasteiger partial charge in [0.25, 0.3) is 5.69 Å². The van der Waals surface area contributed by atoms with E-state index in [9.17, 15) is 19.7 Å². The number of benzene rings is 1. The predicted molar refractivity (Wildman–Crippen MR) is 78.8 cm³/mol. The number of nitrogens with zero attached hydrogens (tertiary/aromatic N) is 2. The molecule has 0 bridgehead atoms. The third-order valence-electron chi connectivity index (χ3n) is 2.73. The molecule has 0 radical (unpaired) electrons. The summed E-state index contributed by atoms with van der Waals surface area (Å²) < 4.78 is 5.04. The van der Waals surface area contributed by atoms with Gasteiger partial charge in [0.05, 0.1) is 4.92 Å². The highest BCUT2D eigenvalue weighted by atomic mass is 16.7. The molecule has 9 heteroatoms. The lowest BCUT2D eigenvalue weighted by Crippen LogP contribution is -2.35. The summed E-state index contributed by atoms with van der Waals surface area (Å²) in [4.78, 5) is 37.4. The number of carbonyl (C=O) groups excluding carboxylic acids is 1. The van der Waals surface area contributed by atoms with Crippen molar-refractivity contribution in [2.24, 2.45) is 5.16 Å². The molecule has 0 saturated heterocycles. The normalized spacial score (nSPS) is 11.7. The zero-order chi connectivity index (χ0) is 17.6. The monoisotopic (exact) mass is 324 g/mol. The van der Waals surface area contributed by atoms with E-state index >= 15 is 0 Å². The minimum Gasteiger partial charge on any atom is -0.477 e. The Morgan fingerprint density at radius 3 is 2.35 bits per heavy atom. The molecule has 1 N–H and O–H groups in total.